The van der Waals surface area contributed by atoms with Gasteiger partial charge in [-0.25, -0.2) is 0 Å². The Balaban J connectivity index is 0.000000606. The average molecular weight is 218 g/mol. The molecule has 0 saturated carbocycles. The predicted molar refractivity (Wildman–Crippen MR) is 70.9 cm³/mol. The minimum Gasteiger partial charge on any atom is -0.461 e. The molecule has 0 saturated heterocycles. The molecule has 2 aromatic rings. The van der Waals surface area contributed by atoms with Crippen molar-refractivity contribution in [2.24, 2.45) is 0 Å². The van der Waals surface area contributed by atoms with Gasteiger partial charge in [-0.05, 0) is 25.0 Å². The highest BCUT2D eigenvalue weighted by molar-refractivity contribution is 5.81. The van der Waals surface area contributed by atoms with Crippen LogP contribution in [0, 0.1) is 6.92 Å². The average Bonchev–Trinajstić information content (AvgIpc) is 2.67. The van der Waals surface area contributed by atoms with E-state index >= 15 is 0 Å². The van der Waals surface area contributed by atoms with Gasteiger partial charge in [0.25, 0.3) is 0 Å². The minimum absolute atomic E-state index is 1.02. The molecule has 1 aromatic carbocycles. The Hall–Kier alpha value is -1.24. The summed E-state index contributed by atoms with van der Waals surface area (Å²) in [5.74, 6) is 1.16. The molecule has 0 spiro atoms. The van der Waals surface area contributed by atoms with Gasteiger partial charge in [0.1, 0.15) is 11.3 Å². The Labute approximate surface area is 98.5 Å². The zero-order chi connectivity index (χ0) is 12.0. The molecular formula is C15H22O. The number of para-hydroxylation sites is 1. The molecule has 0 bridgehead atoms. The first-order valence-corrected chi connectivity index (χ1v) is 6.30. The second-order valence-electron chi connectivity index (χ2n) is 3.75. The summed E-state index contributed by atoms with van der Waals surface area (Å²) in [7, 11) is 0. The Morgan fingerprint density at radius 1 is 1.12 bits per heavy atom. The first-order chi connectivity index (χ1) is 7.83. The van der Waals surface area contributed by atoms with Crippen LogP contribution in [0.4, 0.5) is 0 Å². The first kappa shape index (κ1) is 12.8. The number of unbranched alkanes of at least 4 members (excludes halogenated alkanes) is 1. The second kappa shape index (κ2) is 6.37. The molecule has 88 valence electrons. The van der Waals surface area contributed by atoms with Gasteiger partial charge in [0.15, 0.2) is 0 Å². The summed E-state index contributed by atoms with van der Waals surface area (Å²) in [5, 5.41) is 1.26. The minimum atomic E-state index is 1.02. The molecule has 2 rings (SSSR count). The molecule has 0 aliphatic carbocycles. The summed E-state index contributed by atoms with van der Waals surface area (Å²) in [5.41, 5.74) is 2.34. The highest BCUT2D eigenvalue weighted by Gasteiger charge is 2.08. The van der Waals surface area contributed by atoms with Crippen LogP contribution in [0.2, 0.25) is 0 Å². The van der Waals surface area contributed by atoms with Crippen molar-refractivity contribution in [3.8, 4) is 0 Å². The van der Waals surface area contributed by atoms with E-state index in [9.17, 15) is 0 Å². The molecule has 0 N–H and O–H groups in total. The van der Waals surface area contributed by atoms with Crippen molar-refractivity contribution < 1.29 is 4.42 Å². The number of rotatable bonds is 3. The van der Waals surface area contributed by atoms with Gasteiger partial charge in [0, 0.05) is 11.8 Å². The molecule has 0 radical (unpaired) electrons. The monoisotopic (exact) mass is 218 g/mol. The fourth-order valence-corrected chi connectivity index (χ4v) is 1.80. The van der Waals surface area contributed by atoms with E-state index in [4.69, 9.17) is 4.42 Å². The largest absolute Gasteiger partial charge is 0.461 e. The van der Waals surface area contributed by atoms with Crippen molar-refractivity contribution in [1.29, 1.82) is 0 Å². The summed E-state index contributed by atoms with van der Waals surface area (Å²) >= 11 is 0. The third-order valence-electron chi connectivity index (χ3n) is 2.70. The molecule has 1 heteroatoms. The molecule has 0 aliphatic heterocycles. The molecular weight excluding hydrogens is 196 g/mol. The molecule has 1 aromatic heterocycles. The third-order valence-corrected chi connectivity index (χ3v) is 2.70. The van der Waals surface area contributed by atoms with Crippen LogP contribution in [0.5, 0.6) is 0 Å². The Morgan fingerprint density at radius 3 is 2.44 bits per heavy atom. The van der Waals surface area contributed by atoms with E-state index in [1.165, 1.54) is 23.8 Å². The topological polar surface area (TPSA) is 13.1 Å². The fourth-order valence-electron chi connectivity index (χ4n) is 1.80. The number of fused-ring (bicyclic) bond motifs is 1. The van der Waals surface area contributed by atoms with Crippen molar-refractivity contribution in [2.75, 3.05) is 0 Å². The van der Waals surface area contributed by atoms with Crippen LogP contribution in [-0.4, -0.2) is 0 Å². The van der Waals surface area contributed by atoms with Crippen LogP contribution < -0.4 is 0 Å². The van der Waals surface area contributed by atoms with E-state index in [-0.39, 0.29) is 0 Å². The number of hydrogen-bond acceptors (Lipinski definition) is 1. The maximum atomic E-state index is 5.80. The van der Waals surface area contributed by atoms with Crippen LogP contribution in [0.15, 0.2) is 28.7 Å². The number of benzene rings is 1. The van der Waals surface area contributed by atoms with Gasteiger partial charge in [-0.2, -0.15) is 0 Å². The summed E-state index contributed by atoms with van der Waals surface area (Å²) in [6.07, 6.45) is 3.49. The van der Waals surface area contributed by atoms with Crippen LogP contribution >= 0.6 is 0 Å². The van der Waals surface area contributed by atoms with E-state index < -0.39 is 0 Å². The van der Waals surface area contributed by atoms with Crippen LogP contribution in [0.1, 0.15) is 44.9 Å². The van der Waals surface area contributed by atoms with E-state index in [2.05, 4.69) is 26.0 Å². The van der Waals surface area contributed by atoms with Crippen LogP contribution in [0.25, 0.3) is 11.0 Å². The van der Waals surface area contributed by atoms with Gasteiger partial charge in [-0.1, -0.05) is 45.4 Å². The first-order valence-electron chi connectivity index (χ1n) is 6.30. The highest BCUT2D eigenvalue weighted by Crippen LogP contribution is 2.25. The number of hydrogen-bond donors (Lipinski definition) is 0. The quantitative estimate of drug-likeness (QED) is 0.697. The standard InChI is InChI=1S/C13H16O.C2H6/c1-3-4-8-12-10(2)11-7-5-6-9-13(11)14-12;1-2/h5-7,9H,3-4,8H2,1-2H3;1-2H3. The zero-order valence-electron chi connectivity index (χ0n) is 10.8. The Kier molecular flexibility index (Phi) is 5.10. The predicted octanol–water partition coefficient (Wildman–Crippen LogP) is 5.11. The van der Waals surface area contributed by atoms with Crippen molar-refractivity contribution in [3.63, 3.8) is 0 Å². The summed E-state index contributed by atoms with van der Waals surface area (Å²) < 4.78 is 5.80. The van der Waals surface area contributed by atoms with Crippen LogP contribution in [-0.2, 0) is 6.42 Å². The van der Waals surface area contributed by atoms with Gasteiger partial charge in [-0.3, -0.25) is 0 Å². The van der Waals surface area contributed by atoms with Gasteiger partial charge >= 0.3 is 0 Å². The molecule has 0 unspecified atom stereocenters. The second-order valence-corrected chi connectivity index (χ2v) is 3.75. The maximum absolute atomic E-state index is 5.80. The van der Waals surface area contributed by atoms with Crippen molar-refractivity contribution in [2.45, 2.75) is 47.0 Å². The fraction of sp³-hybridized carbons (Fsp3) is 0.467. The van der Waals surface area contributed by atoms with E-state index in [1.54, 1.807) is 0 Å². The molecule has 0 fully saturated rings. The highest BCUT2D eigenvalue weighted by atomic mass is 16.3. The van der Waals surface area contributed by atoms with E-state index in [1.807, 2.05) is 26.0 Å². The van der Waals surface area contributed by atoms with Gasteiger partial charge < -0.3 is 4.42 Å². The maximum Gasteiger partial charge on any atom is 0.134 e. The molecule has 1 nitrogen and oxygen atoms in total. The summed E-state index contributed by atoms with van der Waals surface area (Å²) in [4.78, 5) is 0. The van der Waals surface area contributed by atoms with Gasteiger partial charge in [-0.15, -0.1) is 0 Å². The number of furan rings is 1. The number of aryl methyl sites for hydroxylation is 2. The zero-order valence-corrected chi connectivity index (χ0v) is 10.8. The lowest BCUT2D eigenvalue weighted by atomic mass is 10.1. The summed E-state index contributed by atoms with van der Waals surface area (Å²) in [6.45, 7) is 8.36. The van der Waals surface area contributed by atoms with E-state index in [0.717, 1.165) is 17.8 Å². The third kappa shape index (κ3) is 2.66. The molecule has 0 atom stereocenters. The van der Waals surface area contributed by atoms with Crippen molar-refractivity contribution in [1.82, 2.24) is 0 Å². The molecule has 16 heavy (non-hydrogen) atoms. The Bertz CT molecular complexity index is 426. The van der Waals surface area contributed by atoms with Gasteiger partial charge in [0.2, 0.25) is 0 Å². The molecule has 0 amide bonds. The van der Waals surface area contributed by atoms with Crippen LogP contribution in [0.3, 0.4) is 0 Å². The van der Waals surface area contributed by atoms with E-state index in [0.29, 0.717) is 0 Å². The Morgan fingerprint density at radius 2 is 1.81 bits per heavy atom. The van der Waals surface area contributed by atoms with Gasteiger partial charge in [0.05, 0.1) is 0 Å². The van der Waals surface area contributed by atoms with Crippen molar-refractivity contribution >= 4 is 11.0 Å². The summed E-state index contributed by atoms with van der Waals surface area (Å²) in [6, 6.07) is 8.25. The smallest absolute Gasteiger partial charge is 0.134 e. The van der Waals surface area contributed by atoms with Crippen molar-refractivity contribution in [3.05, 3.63) is 35.6 Å². The lowest BCUT2D eigenvalue weighted by Gasteiger charge is -1.94. The molecule has 0 aliphatic rings. The lowest BCUT2D eigenvalue weighted by Crippen LogP contribution is -1.83. The molecule has 1 heterocycles. The normalized spacial score (nSPS) is 10.0. The SMILES string of the molecule is CC.CCCCc1oc2ccccc2c1C. The lowest BCUT2D eigenvalue weighted by molar-refractivity contribution is 0.533.